The molecule has 0 bridgehead atoms. The number of nitrogens with zero attached hydrogens (tertiary/aromatic N) is 1. The molecule has 2 aliphatic rings. The highest BCUT2D eigenvalue weighted by Gasteiger charge is 2.26. The number of aryl methyl sites for hydroxylation is 1. The molecule has 1 amide bonds. The SMILES string of the molecule is Cc1ccc2c(c1)C(NC(=O)CN1CCOCC1)CO2. The minimum absolute atomic E-state index is 0.0292. The van der Waals surface area contributed by atoms with E-state index >= 15 is 0 Å². The van der Waals surface area contributed by atoms with Crippen molar-refractivity contribution in [2.45, 2.75) is 13.0 Å². The maximum absolute atomic E-state index is 12.1. The fraction of sp³-hybridized carbons (Fsp3) is 0.533. The van der Waals surface area contributed by atoms with Crippen LogP contribution in [-0.2, 0) is 9.53 Å². The molecule has 0 saturated carbocycles. The molecule has 1 fully saturated rings. The van der Waals surface area contributed by atoms with Crippen LogP contribution in [0.3, 0.4) is 0 Å². The third-order valence-corrected chi connectivity index (χ3v) is 3.75. The topological polar surface area (TPSA) is 50.8 Å². The van der Waals surface area contributed by atoms with E-state index in [2.05, 4.69) is 16.3 Å². The Morgan fingerprint density at radius 1 is 1.40 bits per heavy atom. The summed E-state index contributed by atoms with van der Waals surface area (Å²) in [7, 11) is 0. The number of amides is 1. The molecular formula is C15H20N2O3. The van der Waals surface area contributed by atoms with Gasteiger partial charge < -0.3 is 14.8 Å². The molecule has 108 valence electrons. The van der Waals surface area contributed by atoms with Crippen LogP contribution in [0.4, 0.5) is 0 Å². The minimum atomic E-state index is -0.0292. The molecule has 0 aliphatic carbocycles. The number of nitrogens with one attached hydrogen (secondary N) is 1. The number of benzene rings is 1. The van der Waals surface area contributed by atoms with Crippen molar-refractivity contribution in [3.8, 4) is 5.75 Å². The van der Waals surface area contributed by atoms with Crippen LogP contribution in [0.5, 0.6) is 5.75 Å². The Labute approximate surface area is 118 Å². The Hall–Kier alpha value is -1.59. The summed E-state index contributed by atoms with van der Waals surface area (Å²) in [5.41, 5.74) is 2.27. The van der Waals surface area contributed by atoms with Crippen LogP contribution in [0, 0.1) is 6.92 Å². The van der Waals surface area contributed by atoms with Crippen LogP contribution < -0.4 is 10.1 Å². The second-order valence-electron chi connectivity index (χ2n) is 5.36. The van der Waals surface area contributed by atoms with Gasteiger partial charge in [-0.3, -0.25) is 9.69 Å². The molecule has 1 aromatic rings. The van der Waals surface area contributed by atoms with Crippen LogP contribution in [0.15, 0.2) is 18.2 Å². The van der Waals surface area contributed by atoms with Crippen molar-refractivity contribution in [2.24, 2.45) is 0 Å². The number of morpholine rings is 1. The van der Waals surface area contributed by atoms with Gasteiger partial charge in [0.1, 0.15) is 12.4 Å². The lowest BCUT2D eigenvalue weighted by Gasteiger charge is -2.26. The molecule has 0 radical (unpaired) electrons. The summed E-state index contributed by atoms with van der Waals surface area (Å²) in [5, 5.41) is 3.06. The van der Waals surface area contributed by atoms with Gasteiger partial charge in [-0.25, -0.2) is 0 Å². The number of hydrogen-bond donors (Lipinski definition) is 1. The number of hydrogen-bond acceptors (Lipinski definition) is 4. The van der Waals surface area contributed by atoms with E-state index in [1.807, 2.05) is 19.1 Å². The van der Waals surface area contributed by atoms with Gasteiger partial charge in [0.2, 0.25) is 5.91 Å². The zero-order chi connectivity index (χ0) is 13.9. The second-order valence-corrected chi connectivity index (χ2v) is 5.36. The Balaban J connectivity index is 1.59. The van der Waals surface area contributed by atoms with E-state index < -0.39 is 0 Å². The summed E-state index contributed by atoms with van der Waals surface area (Å²) >= 11 is 0. The lowest BCUT2D eigenvalue weighted by molar-refractivity contribution is -0.124. The predicted octanol–water partition coefficient (Wildman–Crippen LogP) is 0.877. The molecule has 1 unspecified atom stereocenters. The Kier molecular flexibility index (Phi) is 3.89. The predicted molar refractivity (Wildman–Crippen MR) is 74.8 cm³/mol. The highest BCUT2D eigenvalue weighted by Crippen LogP contribution is 2.32. The van der Waals surface area contributed by atoms with Crippen molar-refractivity contribution in [2.75, 3.05) is 39.5 Å². The van der Waals surface area contributed by atoms with Crippen molar-refractivity contribution in [1.82, 2.24) is 10.2 Å². The third kappa shape index (κ3) is 2.94. The van der Waals surface area contributed by atoms with Gasteiger partial charge in [0.05, 0.1) is 25.8 Å². The smallest absolute Gasteiger partial charge is 0.234 e. The van der Waals surface area contributed by atoms with E-state index in [9.17, 15) is 4.79 Å². The zero-order valence-corrected chi connectivity index (χ0v) is 11.7. The lowest BCUT2D eigenvalue weighted by Crippen LogP contribution is -2.44. The van der Waals surface area contributed by atoms with Gasteiger partial charge in [-0.2, -0.15) is 0 Å². The van der Waals surface area contributed by atoms with Crippen LogP contribution in [0.1, 0.15) is 17.2 Å². The number of carbonyl (C=O) groups excluding carboxylic acids is 1. The fourth-order valence-electron chi connectivity index (χ4n) is 2.66. The van der Waals surface area contributed by atoms with E-state index in [-0.39, 0.29) is 11.9 Å². The summed E-state index contributed by atoms with van der Waals surface area (Å²) < 4.78 is 10.9. The Bertz CT molecular complexity index is 498. The van der Waals surface area contributed by atoms with Gasteiger partial charge in [-0.05, 0) is 13.0 Å². The van der Waals surface area contributed by atoms with Crippen molar-refractivity contribution in [3.05, 3.63) is 29.3 Å². The largest absolute Gasteiger partial charge is 0.491 e. The summed E-state index contributed by atoms with van der Waals surface area (Å²) in [5.74, 6) is 0.933. The molecule has 0 aromatic heterocycles. The summed E-state index contributed by atoms with van der Waals surface area (Å²) in [6, 6.07) is 6.05. The van der Waals surface area contributed by atoms with Crippen molar-refractivity contribution in [1.29, 1.82) is 0 Å². The number of carbonyl (C=O) groups is 1. The van der Waals surface area contributed by atoms with E-state index in [4.69, 9.17) is 9.47 Å². The van der Waals surface area contributed by atoms with E-state index in [1.54, 1.807) is 0 Å². The first-order chi connectivity index (χ1) is 9.72. The average Bonchev–Trinajstić information content (AvgIpc) is 2.82. The molecule has 1 saturated heterocycles. The first-order valence-corrected chi connectivity index (χ1v) is 7.05. The van der Waals surface area contributed by atoms with Gasteiger partial charge >= 0.3 is 0 Å². The molecule has 2 heterocycles. The maximum Gasteiger partial charge on any atom is 0.234 e. The third-order valence-electron chi connectivity index (χ3n) is 3.75. The quantitative estimate of drug-likeness (QED) is 0.890. The van der Waals surface area contributed by atoms with Crippen LogP contribution in [-0.4, -0.2) is 50.3 Å². The standard InChI is InChI=1S/C15H20N2O3/c1-11-2-3-14-12(8-11)13(10-20-14)16-15(18)9-17-4-6-19-7-5-17/h2-3,8,13H,4-7,9-10H2,1H3,(H,16,18). The summed E-state index contributed by atoms with van der Waals surface area (Å²) in [6.07, 6.45) is 0. The lowest BCUT2D eigenvalue weighted by atomic mass is 10.1. The highest BCUT2D eigenvalue weighted by atomic mass is 16.5. The normalized spacial score (nSPS) is 22.1. The molecule has 0 spiro atoms. The minimum Gasteiger partial charge on any atom is -0.491 e. The van der Waals surface area contributed by atoms with E-state index in [0.717, 1.165) is 24.4 Å². The van der Waals surface area contributed by atoms with Crippen molar-refractivity contribution in [3.63, 3.8) is 0 Å². The monoisotopic (exact) mass is 276 g/mol. The van der Waals surface area contributed by atoms with E-state index in [0.29, 0.717) is 26.4 Å². The summed E-state index contributed by atoms with van der Waals surface area (Å²) in [4.78, 5) is 14.2. The van der Waals surface area contributed by atoms with Gasteiger partial charge in [0.25, 0.3) is 0 Å². The van der Waals surface area contributed by atoms with Crippen LogP contribution >= 0.6 is 0 Å². The van der Waals surface area contributed by atoms with Gasteiger partial charge in [-0.15, -0.1) is 0 Å². The van der Waals surface area contributed by atoms with Crippen molar-refractivity contribution < 1.29 is 14.3 Å². The first kappa shape index (κ1) is 13.4. The number of fused-ring (bicyclic) bond motifs is 1. The molecule has 5 heteroatoms. The molecule has 20 heavy (non-hydrogen) atoms. The molecule has 1 atom stereocenters. The van der Waals surface area contributed by atoms with Crippen LogP contribution in [0.2, 0.25) is 0 Å². The highest BCUT2D eigenvalue weighted by molar-refractivity contribution is 5.78. The molecule has 1 aromatic carbocycles. The van der Waals surface area contributed by atoms with E-state index in [1.165, 1.54) is 5.56 Å². The molecule has 5 nitrogen and oxygen atoms in total. The molecular weight excluding hydrogens is 256 g/mol. The molecule has 1 N–H and O–H groups in total. The Morgan fingerprint density at radius 3 is 3.00 bits per heavy atom. The molecule has 3 rings (SSSR count). The number of rotatable bonds is 3. The zero-order valence-electron chi connectivity index (χ0n) is 11.7. The summed E-state index contributed by atoms with van der Waals surface area (Å²) in [6.45, 7) is 6.07. The first-order valence-electron chi connectivity index (χ1n) is 7.05. The van der Waals surface area contributed by atoms with Gasteiger partial charge in [-0.1, -0.05) is 17.7 Å². The molecule has 2 aliphatic heterocycles. The average molecular weight is 276 g/mol. The van der Waals surface area contributed by atoms with Crippen molar-refractivity contribution >= 4 is 5.91 Å². The second kappa shape index (κ2) is 5.81. The van der Waals surface area contributed by atoms with Gasteiger partial charge in [0.15, 0.2) is 0 Å². The number of ether oxygens (including phenoxy) is 2. The fourth-order valence-corrected chi connectivity index (χ4v) is 2.66. The maximum atomic E-state index is 12.1. The van der Waals surface area contributed by atoms with Gasteiger partial charge in [0, 0.05) is 18.7 Å². The van der Waals surface area contributed by atoms with Crippen LogP contribution in [0.25, 0.3) is 0 Å². The Morgan fingerprint density at radius 2 is 2.20 bits per heavy atom.